The molecular weight excluding hydrogens is 268 g/mol. The smallest absolute Gasteiger partial charge is 0.240 e. The molecule has 2 rings (SSSR count). The Morgan fingerprint density at radius 2 is 1.94 bits per heavy atom. The van der Waals surface area contributed by atoms with Gasteiger partial charge in [-0.1, -0.05) is 31.3 Å². The molecule has 18 heavy (non-hydrogen) atoms. The monoisotopic (exact) mass is 284 g/mol. The van der Waals surface area contributed by atoms with Crippen LogP contribution in [0.1, 0.15) is 25.3 Å². The van der Waals surface area contributed by atoms with Gasteiger partial charge >= 0.3 is 0 Å². The maximum Gasteiger partial charge on any atom is 0.240 e. The molecular formula is C12H16N2O2S2. The molecule has 1 aliphatic carbocycles. The van der Waals surface area contributed by atoms with Crippen molar-refractivity contribution in [1.82, 2.24) is 4.72 Å². The normalized spacial score (nSPS) is 17.4. The minimum atomic E-state index is -3.43. The van der Waals surface area contributed by atoms with Crippen molar-refractivity contribution in [1.29, 1.82) is 0 Å². The van der Waals surface area contributed by atoms with Crippen LogP contribution in [-0.4, -0.2) is 20.0 Å². The van der Waals surface area contributed by atoms with Gasteiger partial charge < -0.3 is 5.73 Å². The highest BCUT2D eigenvalue weighted by Gasteiger charge is 2.38. The number of hydrogen-bond donors (Lipinski definition) is 2. The second kappa shape index (κ2) is 4.60. The minimum Gasteiger partial charge on any atom is -0.389 e. The lowest BCUT2D eigenvalue weighted by Crippen LogP contribution is -2.29. The van der Waals surface area contributed by atoms with Gasteiger partial charge in [0, 0.05) is 12.1 Å². The third kappa shape index (κ3) is 3.07. The van der Waals surface area contributed by atoms with Crippen molar-refractivity contribution >= 4 is 27.2 Å². The first-order chi connectivity index (χ1) is 8.32. The van der Waals surface area contributed by atoms with Crippen LogP contribution in [0.4, 0.5) is 0 Å². The Balaban J connectivity index is 2.11. The van der Waals surface area contributed by atoms with E-state index in [4.69, 9.17) is 18.0 Å². The average molecular weight is 284 g/mol. The zero-order chi connectivity index (χ0) is 13.4. The second-order valence-corrected chi connectivity index (χ2v) is 7.23. The maximum atomic E-state index is 12.0. The van der Waals surface area contributed by atoms with E-state index < -0.39 is 10.0 Å². The molecule has 1 aromatic rings. The summed E-state index contributed by atoms with van der Waals surface area (Å²) in [4.78, 5) is 0.504. The summed E-state index contributed by atoms with van der Waals surface area (Å²) in [7, 11) is -3.43. The summed E-state index contributed by atoms with van der Waals surface area (Å²) in [5.41, 5.74) is 6.27. The van der Waals surface area contributed by atoms with Gasteiger partial charge in [-0.2, -0.15) is 0 Å². The Labute approximate surface area is 113 Å². The van der Waals surface area contributed by atoms with Crippen molar-refractivity contribution in [2.75, 3.05) is 6.54 Å². The summed E-state index contributed by atoms with van der Waals surface area (Å²) in [6.07, 6.45) is 2.16. The number of sulfonamides is 1. The van der Waals surface area contributed by atoms with Crippen molar-refractivity contribution in [3.63, 3.8) is 0 Å². The zero-order valence-corrected chi connectivity index (χ0v) is 11.8. The van der Waals surface area contributed by atoms with Gasteiger partial charge in [-0.15, -0.1) is 0 Å². The Morgan fingerprint density at radius 3 is 2.39 bits per heavy atom. The van der Waals surface area contributed by atoms with Crippen LogP contribution in [0.3, 0.4) is 0 Å². The molecule has 0 bridgehead atoms. The number of benzene rings is 1. The molecule has 1 aliphatic rings. The third-order valence-electron chi connectivity index (χ3n) is 3.24. The van der Waals surface area contributed by atoms with Gasteiger partial charge in [0.25, 0.3) is 0 Å². The lowest BCUT2D eigenvalue weighted by Gasteiger charge is -2.11. The molecule has 6 heteroatoms. The molecule has 4 nitrogen and oxygen atoms in total. The maximum absolute atomic E-state index is 12.0. The van der Waals surface area contributed by atoms with Gasteiger partial charge in [0.1, 0.15) is 4.99 Å². The predicted octanol–water partition coefficient (Wildman–Crippen LogP) is 1.40. The summed E-state index contributed by atoms with van der Waals surface area (Å²) < 4.78 is 26.7. The second-order valence-electron chi connectivity index (χ2n) is 5.02. The molecule has 0 heterocycles. The van der Waals surface area contributed by atoms with Gasteiger partial charge in [0.2, 0.25) is 10.0 Å². The summed E-state index contributed by atoms with van der Waals surface area (Å²) in [5, 5.41) is 0. The molecule has 0 unspecified atom stereocenters. The summed E-state index contributed by atoms with van der Waals surface area (Å²) in [6, 6.07) is 6.28. The quantitative estimate of drug-likeness (QED) is 0.802. The molecule has 1 fully saturated rings. The van der Waals surface area contributed by atoms with E-state index in [1.165, 1.54) is 12.1 Å². The standard InChI is InChI=1S/C12H16N2O2S2/c1-12(6-7-12)8-14-18(15,16)10-4-2-9(3-5-10)11(13)17/h2-5,14H,6-8H2,1H3,(H2,13,17). The van der Waals surface area contributed by atoms with Crippen LogP contribution >= 0.6 is 12.2 Å². The van der Waals surface area contributed by atoms with Crippen molar-refractivity contribution in [2.24, 2.45) is 11.1 Å². The molecule has 0 spiro atoms. The molecule has 0 aromatic heterocycles. The summed E-state index contributed by atoms with van der Waals surface area (Å²) in [5.74, 6) is 0. The Hall–Kier alpha value is -0.980. The number of nitrogens with two attached hydrogens (primary N) is 1. The number of thiocarbonyl (C=S) groups is 1. The van der Waals surface area contributed by atoms with E-state index in [2.05, 4.69) is 11.6 Å². The highest BCUT2D eigenvalue weighted by Crippen LogP contribution is 2.44. The van der Waals surface area contributed by atoms with Crippen LogP contribution in [0, 0.1) is 5.41 Å². The first kappa shape index (κ1) is 13.5. The van der Waals surface area contributed by atoms with Crippen LogP contribution in [0.15, 0.2) is 29.2 Å². The Kier molecular flexibility index (Phi) is 3.44. The highest BCUT2D eigenvalue weighted by atomic mass is 32.2. The molecule has 0 aliphatic heterocycles. The number of rotatable bonds is 5. The largest absolute Gasteiger partial charge is 0.389 e. The SMILES string of the molecule is CC1(CNS(=O)(=O)c2ccc(C(N)=S)cc2)CC1. The zero-order valence-electron chi connectivity index (χ0n) is 10.1. The molecule has 0 radical (unpaired) electrons. The summed E-state index contributed by atoms with van der Waals surface area (Å²) >= 11 is 4.82. The van der Waals surface area contributed by atoms with E-state index in [0.717, 1.165) is 12.8 Å². The van der Waals surface area contributed by atoms with Gasteiger partial charge in [0.05, 0.1) is 4.90 Å². The van der Waals surface area contributed by atoms with Crippen LogP contribution in [0.2, 0.25) is 0 Å². The molecule has 0 amide bonds. The molecule has 1 aromatic carbocycles. The van der Waals surface area contributed by atoms with E-state index in [1.54, 1.807) is 12.1 Å². The molecule has 0 atom stereocenters. The third-order valence-corrected chi connectivity index (χ3v) is 4.89. The van der Waals surface area contributed by atoms with Crippen LogP contribution in [-0.2, 0) is 10.0 Å². The van der Waals surface area contributed by atoms with E-state index >= 15 is 0 Å². The van der Waals surface area contributed by atoms with Gasteiger partial charge in [0.15, 0.2) is 0 Å². The lowest BCUT2D eigenvalue weighted by molar-refractivity contribution is 0.530. The van der Waals surface area contributed by atoms with Crippen LogP contribution < -0.4 is 10.5 Å². The van der Waals surface area contributed by atoms with Crippen molar-refractivity contribution in [3.05, 3.63) is 29.8 Å². The first-order valence-electron chi connectivity index (χ1n) is 5.72. The molecule has 0 saturated heterocycles. The van der Waals surface area contributed by atoms with Crippen LogP contribution in [0.5, 0.6) is 0 Å². The average Bonchev–Trinajstić information content (AvgIpc) is 3.06. The van der Waals surface area contributed by atoms with Crippen molar-refractivity contribution < 1.29 is 8.42 Å². The fourth-order valence-electron chi connectivity index (χ4n) is 1.54. The van der Waals surface area contributed by atoms with Gasteiger partial charge in [-0.25, -0.2) is 13.1 Å². The van der Waals surface area contributed by atoms with E-state index in [1.807, 2.05) is 0 Å². The van der Waals surface area contributed by atoms with Crippen molar-refractivity contribution in [2.45, 2.75) is 24.7 Å². The first-order valence-corrected chi connectivity index (χ1v) is 7.61. The van der Waals surface area contributed by atoms with E-state index in [-0.39, 0.29) is 15.3 Å². The number of nitrogens with one attached hydrogen (secondary N) is 1. The molecule has 98 valence electrons. The van der Waals surface area contributed by atoms with Crippen LogP contribution in [0.25, 0.3) is 0 Å². The topological polar surface area (TPSA) is 72.2 Å². The highest BCUT2D eigenvalue weighted by molar-refractivity contribution is 7.89. The Morgan fingerprint density at radius 1 is 1.39 bits per heavy atom. The van der Waals surface area contributed by atoms with Crippen molar-refractivity contribution in [3.8, 4) is 0 Å². The fraction of sp³-hybridized carbons (Fsp3) is 0.417. The minimum absolute atomic E-state index is 0.145. The predicted molar refractivity (Wildman–Crippen MR) is 74.9 cm³/mol. The van der Waals surface area contributed by atoms with Gasteiger partial charge in [-0.05, 0) is 30.4 Å². The molecule has 1 saturated carbocycles. The lowest BCUT2D eigenvalue weighted by atomic mass is 10.2. The number of hydrogen-bond acceptors (Lipinski definition) is 3. The molecule has 3 N–H and O–H groups in total. The van der Waals surface area contributed by atoms with Gasteiger partial charge in [-0.3, -0.25) is 0 Å². The van der Waals surface area contributed by atoms with E-state index in [9.17, 15) is 8.42 Å². The van der Waals surface area contributed by atoms with E-state index in [0.29, 0.717) is 12.1 Å². The fourth-order valence-corrected chi connectivity index (χ4v) is 2.88. The summed E-state index contributed by atoms with van der Waals surface area (Å²) in [6.45, 7) is 2.57. The Bertz CT molecular complexity index is 560.